The van der Waals surface area contributed by atoms with E-state index in [-0.39, 0.29) is 33.0 Å². The first-order chi connectivity index (χ1) is 20.6. The fourth-order valence-electron chi connectivity index (χ4n) is 4.62. The quantitative estimate of drug-likeness (QED) is 0.0475. The Morgan fingerprint density at radius 3 is 1.19 bits per heavy atom. The SMILES string of the molecule is CC(C)CCCCCCC(CS)C(=O)[O-].CC(C)CCCCCCC(CS)C(=O)[O-].CCCCCCC[CH2][Sn+2][CH2]CCC. The molecule has 0 radical (unpaired) electrons. The van der Waals surface area contributed by atoms with Gasteiger partial charge in [-0.3, -0.25) is 0 Å². The summed E-state index contributed by atoms with van der Waals surface area (Å²) < 4.78 is 3.28. The van der Waals surface area contributed by atoms with Gasteiger partial charge < -0.3 is 19.8 Å². The van der Waals surface area contributed by atoms with Crippen molar-refractivity contribution < 1.29 is 19.8 Å². The first-order valence-corrected chi connectivity index (χ1v) is 23.2. The van der Waals surface area contributed by atoms with Gasteiger partial charge in [0.05, 0.1) is 0 Å². The van der Waals surface area contributed by atoms with Crippen molar-refractivity contribution in [2.45, 2.75) is 179 Å². The van der Waals surface area contributed by atoms with E-state index in [4.69, 9.17) is 0 Å². The second-order valence-electron chi connectivity index (χ2n) is 13.0. The van der Waals surface area contributed by atoms with Crippen molar-refractivity contribution >= 4 is 58.3 Å². The van der Waals surface area contributed by atoms with Crippen LogP contribution in [0.5, 0.6) is 0 Å². The van der Waals surface area contributed by atoms with Crippen LogP contribution in [0.4, 0.5) is 0 Å². The predicted molar refractivity (Wildman–Crippen MR) is 193 cm³/mol. The minimum absolute atomic E-state index is 0.112. The summed E-state index contributed by atoms with van der Waals surface area (Å²) >= 11 is 8.12. The van der Waals surface area contributed by atoms with Gasteiger partial charge in [-0.15, -0.1) is 0 Å². The Hall–Kier alpha value is 0.439. The van der Waals surface area contributed by atoms with Gasteiger partial charge >= 0.3 is 95.2 Å². The van der Waals surface area contributed by atoms with E-state index in [0.29, 0.717) is 24.3 Å². The maximum absolute atomic E-state index is 10.6. The van der Waals surface area contributed by atoms with Gasteiger partial charge in [0, 0.05) is 23.8 Å². The molecular weight excluding hydrogens is 679 g/mol. The predicted octanol–water partition coefficient (Wildman–Crippen LogP) is 9.25. The Labute approximate surface area is 290 Å². The van der Waals surface area contributed by atoms with E-state index >= 15 is 0 Å². The molecule has 4 nitrogen and oxygen atoms in total. The number of carbonyl (C=O) groups is 2. The van der Waals surface area contributed by atoms with Crippen LogP contribution < -0.4 is 10.2 Å². The molecule has 0 rings (SSSR count). The second-order valence-corrected chi connectivity index (χ2v) is 18.1. The molecule has 256 valence electrons. The van der Waals surface area contributed by atoms with Crippen molar-refractivity contribution in [3.05, 3.63) is 0 Å². The molecule has 0 aliphatic heterocycles. The zero-order valence-corrected chi connectivity index (χ0v) is 34.0. The summed E-state index contributed by atoms with van der Waals surface area (Å²) in [6, 6.07) is 0. The van der Waals surface area contributed by atoms with Crippen LogP contribution in [0.15, 0.2) is 0 Å². The molecule has 0 spiro atoms. The maximum atomic E-state index is 10.6. The van der Waals surface area contributed by atoms with Gasteiger partial charge in [-0.05, 0) is 36.2 Å². The normalized spacial score (nSPS) is 12.1. The Kier molecular flexibility index (Phi) is 43.0. The molecule has 2 atom stereocenters. The summed E-state index contributed by atoms with van der Waals surface area (Å²) in [5.41, 5.74) is 0. The summed E-state index contributed by atoms with van der Waals surface area (Å²) in [5.74, 6) is -0.282. The summed E-state index contributed by atoms with van der Waals surface area (Å²) in [6.45, 7) is 13.5. The number of hydrogen-bond acceptors (Lipinski definition) is 6. The number of thiol groups is 2. The molecule has 7 heteroatoms. The van der Waals surface area contributed by atoms with Crippen LogP contribution in [0.2, 0.25) is 8.87 Å². The molecule has 0 aromatic carbocycles. The third kappa shape index (κ3) is 42.4. The Morgan fingerprint density at radius 2 is 0.837 bits per heavy atom. The van der Waals surface area contributed by atoms with Crippen LogP contribution in [-0.4, -0.2) is 44.6 Å². The summed E-state index contributed by atoms with van der Waals surface area (Å²) in [5, 5.41) is 21.2. The molecule has 0 saturated carbocycles. The third-order valence-corrected chi connectivity index (χ3v) is 12.6. The van der Waals surface area contributed by atoms with Crippen LogP contribution in [0.3, 0.4) is 0 Å². The Morgan fingerprint density at radius 1 is 0.512 bits per heavy atom. The standard InChI is InChI=1S/2C12H24O2S.C8H17.C4H9.Sn/c2*1-10(2)7-5-3-4-6-8-11(9-15)12(13)14;1-3-5-7-8-6-4-2;1-3-4-2;/h2*10-11,15H,3-9H2,1-2H3,(H,13,14);1,3-8H2,2H3;1,3-4H2,2H3;/q;;;;+2/p-2. The first-order valence-electron chi connectivity index (χ1n) is 17.9. The fraction of sp³-hybridized carbons (Fsp3) is 0.944. The van der Waals surface area contributed by atoms with Gasteiger partial charge in [0.2, 0.25) is 0 Å². The van der Waals surface area contributed by atoms with Crippen molar-refractivity contribution in [3.8, 4) is 0 Å². The monoisotopic (exact) mass is 752 g/mol. The van der Waals surface area contributed by atoms with Gasteiger partial charge in [-0.2, -0.15) is 25.3 Å². The van der Waals surface area contributed by atoms with E-state index in [9.17, 15) is 19.8 Å². The molecule has 0 aromatic rings. The van der Waals surface area contributed by atoms with E-state index in [1.54, 1.807) is 15.3 Å². The van der Waals surface area contributed by atoms with Gasteiger partial charge in [0.25, 0.3) is 0 Å². The van der Waals surface area contributed by atoms with Crippen molar-refractivity contribution in [1.82, 2.24) is 0 Å². The zero-order valence-electron chi connectivity index (χ0n) is 29.3. The number of carbonyl (C=O) groups excluding carboxylic acids is 2. The van der Waals surface area contributed by atoms with Gasteiger partial charge in [0.1, 0.15) is 0 Å². The molecule has 0 fully saturated rings. The van der Waals surface area contributed by atoms with E-state index in [2.05, 4.69) is 66.8 Å². The van der Waals surface area contributed by atoms with Crippen LogP contribution in [0.1, 0.15) is 170 Å². The van der Waals surface area contributed by atoms with Crippen molar-refractivity contribution in [3.63, 3.8) is 0 Å². The molecule has 0 N–H and O–H groups in total. The molecule has 0 aromatic heterocycles. The Balaban J connectivity index is -0.000000560. The van der Waals surface area contributed by atoms with Crippen molar-refractivity contribution in [1.29, 1.82) is 0 Å². The molecular formula is C36H72O4S2Sn. The third-order valence-electron chi connectivity index (χ3n) is 7.69. The fourth-order valence-corrected chi connectivity index (χ4v) is 9.14. The second kappa shape index (κ2) is 38.6. The summed E-state index contributed by atoms with van der Waals surface area (Å²) in [7, 11) is 0. The molecule has 0 saturated heterocycles. The number of carboxylic acid groups (broad SMARTS) is 2. The Bertz CT molecular complexity index is 527. The number of hydrogen-bond donors (Lipinski definition) is 2. The average Bonchev–Trinajstić information content (AvgIpc) is 2.95. The number of rotatable bonds is 28. The van der Waals surface area contributed by atoms with Gasteiger partial charge in [-0.25, -0.2) is 0 Å². The van der Waals surface area contributed by atoms with Crippen molar-refractivity contribution in [2.24, 2.45) is 23.7 Å². The van der Waals surface area contributed by atoms with E-state index in [1.165, 1.54) is 83.5 Å². The van der Waals surface area contributed by atoms with Crippen LogP contribution in [0, 0.1) is 23.7 Å². The topological polar surface area (TPSA) is 80.3 Å². The van der Waals surface area contributed by atoms with E-state index in [1.807, 2.05) is 0 Å². The zero-order chi connectivity index (χ0) is 33.1. The molecule has 0 heterocycles. The number of carboxylic acids is 2. The number of unbranched alkanes of at least 4 members (excludes halogenated alkanes) is 12. The van der Waals surface area contributed by atoms with Crippen LogP contribution in [0.25, 0.3) is 0 Å². The molecule has 2 unspecified atom stereocenters. The molecule has 43 heavy (non-hydrogen) atoms. The summed E-state index contributed by atoms with van der Waals surface area (Å²) in [6.07, 6.45) is 25.0. The van der Waals surface area contributed by atoms with Gasteiger partial charge in [0.15, 0.2) is 0 Å². The molecule has 0 aliphatic rings. The molecule has 0 bridgehead atoms. The first kappa shape index (κ1) is 47.8. The molecule has 0 aliphatic carbocycles. The van der Waals surface area contributed by atoms with E-state index in [0.717, 1.165) is 37.5 Å². The summed E-state index contributed by atoms with van der Waals surface area (Å²) in [4.78, 5) is 21.2. The number of aliphatic carboxylic acids is 2. The van der Waals surface area contributed by atoms with Gasteiger partial charge in [-0.1, -0.05) is 91.9 Å². The van der Waals surface area contributed by atoms with Crippen LogP contribution >= 0.6 is 25.3 Å². The van der Waals surface area contributed by atoms with Crippen LogP contribution in [-0.2, 0) is 9.59 Å². The molecule has 0 amide bonds. The average molecular weight is 752 g/mol. The minimum atomic E-state index is -0.952. The van der Waals surface area contributed by atoms with E-state index < -0.39 is 11.9 Å². The van der Waals surface area contributed by atoms with Crippen molar-refractivity contribution in [2.75, 3.05) is 11.5 Å².